The maximum atomic E-state index is 8.48. The Morgan fingerprint density at radius 1 is 0.778 bits per heavy atom. The Labute approximate surface area is 84.5 Å². The van der Waals surface area contributed by atoms with Gasteiger partial charge < -0.3 is 19.6 Å². The van der Waals surface area contributed by atoms with Gasteiger partial charge in [-0.25, -0.2) is 0 Å². The fourth-order valence-corrected chi connectivity index (χ4v) is 0. The van der Waals surface area contributed by atoms with Crippen molar-refractivity contribution in [2.24, 2.45) is 0 Å². The third-order valence-electron chi connectivity index (χ3n) is 0. The standard InChI is InChI=1S/2HO3P.Th/c2*1-4(2)3;/h2*(H,1,2,3);/q;;+4/p-2. The molecule has 0 atom stereocenters. The average molecular weight is 390 g/mol. The van der Waals surface area contributed by atoms with E-state index < -0.39 is 16.5 Å². The SMILES string of the molecule is O=[P+]([O-])[O-].O=[P+]([O-])[O-].[Th+4]. The van der Waals surface area contributed by atoms with E-state index in [1.54, 1.807) is 0 Å². The molecule has 0 aromatic rings. The van der Waals surface area contributed by atoms with Gasteiger partial charge in [0.25, 0.3) is 16.5 Å². The smallest absolute Gasteiger partial charge is 0.598 e. The van der Waals surface area contributed by atoms with Gasteiger partial charge in [0, 0.05) is 0 Å². The zero-order chi connectivity index (χ0) is 7.15. The van der Waals surface area contributed by atoms with E-state index in [-0.39, 0.29) is 39.9 Å². The van der Waals surface area contributed by atoms with E-state index in [0.717, 1.165) is 0 Å². The Hall–Kier alpha value is 1.36. The van der Waals surface area contributed by atoms with Crippen LogP contribution in [0.3, 0.4) is 0 Å². The summed E-state index contributed by atoms with van der Waals surface area (Å²) in [5.41, 5.74) is 0. The van der Waals surface area contributed by atoms with Crippen LogP contribution in [0, 0.1) is 39.9 Å². The van der Waals surface area contributed by atoms with Crippen molar-refractivity contribution in [1.82, 2.24) is 0 Å². The zero-order valence-electron chi connectivity index (χ0n) is 3.84. The van der Waals surface area contributed by atoms with Gasteiger partial charge in [0.15, 0.2) is 0 Å². The normalized spacial score (nSPS) is 5.78. The number of rotatable bonds is 0. The summed E-state index contributed by atoms with van der Waals surface area (Å²) in [7, 11) is -6.74. The van der Waals surface area contributed by atoms with Crippen LogP contribution < -0.4 is 19.6 Å². The van der Waals surface area contributed by atoms with Crippen LogP contribution >= 0.6 is 16.5 Å². The molecule has 0 saturated heterocycles. The fraction of sp³-hybridized carbons (Fsp3) is 0. The Morgan fingerprint density at radius 2 is 0.778 bits per heavy atom. The minimum absolute atomic E-state index is 0. The second-order valence-electron chi connectivity index (χ2n) is 0.447. The minimum atomic E-state index is -3.37. The van der Waals surface area contributed by atoms with Crippen LogP contribution in [0.4, 0.5) is 0 Å². The molecule has 0 N–H and O–H groups in total. The molecule has 0 aliphatic rings. The summed E-state index contributed by atoms with van der Waals surface area (Å²) in [5, 5.41) is 0. The molecule has 6 nitrogen and oxygen atoms in total. The predicted molar refractivity (Wildman–Crippen MR) is 15.2 cm³/mol. The molecular weight excluding hydrogens is 390 g/mol. The van der Waals surface area contributed by atoms with Crippen molar-refractivity contribution in [2.45, 2.75) is 0 Å². The number of hydrogen-bond acceptors (Lipinski definition) is 6. The van der Waals surface area contributed by atoms with Crippen molar-refractivity contribution in [3.8, 4) is 0 Å². The van der Waals surface area contributed by atoms with Gasteiger partial charge in [-0.3, -0.25) is 0 Å². The van der Waals surface area contributed by atoms with Crippen LogP contribution in [0.1, 0.15) is 0 Å². The van der Waals surface area contributed by atoms with Crippen molar-refractivity contribution in [2.75, 3.05) is 0 Å². The first kappa shape index (κ1) is 16.8. The van der Waals surface area contributed by atoms with Crippen molar-refractivity contribution in [3.63, 3.8) is 0 Å². The topological polar surface area (TPSA) is 126 Å². The third kappa shape index (κ3) is 273. The molecule has 9 heteroatoms. The molecule has 0 rings (SSSR count). The quantitative estimate of drug-likeness (QED) is 0.400. The maximum Gasteiger partial charge on any atom is 4.00 e. The van der Waals surface area contributed by atoms with Gasteiger partial charge in [0.2, 0.25) is 0 Å². The third-order valence-corrected chi connectivity index (χ3v) is 0. The van der Waals surface area contributed by atoms with Crippen molar-refractivity contribution < 1.29 is 68.6 Å². The summed E-state index contributed by atoms with van der Waals surface area (Å²) < 4.78 is 17.0. The molecule has 9 heavy (non-hydrogen) atoms. The van der Waals surface area contributed by atoms with Gasteiger partial charge in [-0.1, -0.05) is 9.13 Å². The molecule has 0 fully saturated rings. The monoisotopic (exact) mass is 390 g/mol. The summed E-state index contributed by atoms with van der Waals surface area (Å²) in [6.07, 6.45) is 0. The molecule has 0 heterocycles. The van der Waals surface area contributed by atoms with E-state index in [0.29, 0.717) is 0 Å². The van der Waals surface area contributed by atoms with Crippen molar-refractivity contribution >= 4 is 16.5 Å². The zero-order valence-corrected chi connectivity index (χ0v) is 9.74. The van der Waals surface area contributed by atoms with Crippen LogP contribution in [0.15, 0.2) is 0 Å². The van der Waals surface area contributed by atoms with E-state index >= 15 is 0 Å². The van der Waals surface area contributed by atoms with Gasteiger partial charge in [-0.15, -0.1) is 0 Å². The molecule has 0 aromatic heterocycles. The van der Waals surface area contributed by atoms with E-state index in [1.807, 2.05) is 0 Å². The predicted octanol–water partition coefficient (Wildman–Crippen LogP) is -3.27. The van der Waals surface area contributed by atoms with Crippen LogP contribution in [0.5, 0.6) is 0 Å². The summed E-state index contributed by atoms with van der Waals surface area (Å²) in [5.74, 6) is 0. The van der Waals surface area contributed by atoms with Crippen LogP contribution in [-0.4, -0.2) is 0 Å². The van der Waals surface area contributed by atoms with Gasteiger partial charge in [0.1, 0.15) is 0 Å². The molecule has 0 bridgehead atoms. The molecule has 0 radical (unpaired) electrons. The molecule has 0 saturated carbocycles. The largest absolute Gasteiger partial charge is 4.00 e. The second kappa shape index (κ2) is 12.1. The molecule has 0 aliphatic carbocycles. The first-order valence-electron chi connectivity index (χ1n) is 1.10. The molecule has 0 unspecified atom stereocenters. The maximum absolute atomic E-state index is 8.48. The van der Waals surface area contributed by atoms with Crippen LogP contribution in [-0.2, 0) is 9.13 Å². The summed E-state index contributed by atoms with van der Waals surface area (Å²) in [4.78, 5) is 33.9. The molecule has 0 aliphatic heterocycles. The molecular formula is O6P2Th+2. The second-order valence-corrected chi connectivity index (χ2v) is 1.34. The summed E-state index contributed by atoms with van der Waals surface area (Å²) in [6, 6.07) is 0. The molecule has 0 amide bonds. The first-order chi connectivity index (χ1) is 3.46. The van der Waals surface area contributed by atoms with Crippen LogP contribution in [0.25, 0.3) is 0 Å². The van der Waals surface area contributed by atoms with Crippen LogP contribution in [0.2, 0.25) is 0 Å². The first-order valence-corrected chi connectivity index (χ1v) is 3.29. The van der Waals surface area contributed by atoms with Crippen molar-refractivity contribution in [3.05, 3.63) is 0 Å². The number of hydrogen-bond donors (Lipinski definition) is 0. The van der Waals surface area contributed by atoms with E-state index in [1.165, 1.54) is 0 Å². The Morgan fingerprint density at radius 3 is 0.778 bits per heavy atom. The Kier molecular flexibility index (Phi) is 22.5. The average Bonchev–Trinajstić information content (AvgIpc) is 1.25. The van der Waals surface area contributed by atoms with Gasteiger partial charge in [-0.2, -0.15) is 0 Å². The van der Waals surface area contributed by atoms with E-state index in [2.05, 4.69) is 0 Å². The fourth-order valence-electron chi connectivity index (χ4n) is 0. The minimum Gasteiger partial charge on any atom is -0.598 e. The molecule has 48 valence electrons. The van der Waals surface area contributed by atoms with Gasteiger partial charge in [0.05, 0.1) is 0 Å². The summed E-state index contributed by atoms with van der Waals surface area (Å²) in [6.45, 7) is 0. The molecule has 0 aromatic carbocycles. The van der Waals surface area contributed by atoms with E-state index in [9.17, 15) is 0 Å². The van der Waals surface area contributed by atoms with Gasteiger partial charge in [-0.05, 0) is 0 Å². The Balaban J connectivity index is -0.0000000720. The summed E-state index contributed by atoms with van der Waals surface area (Å²) >= 11 is 0. The van der Waals surface area contributed by atoms with Gasteiger partial charge >= 0.3 is 39.9 Å². The van der Waals surface area contributed by atoms with Crippen molar-refractivity contribution in [1.29, 1.82) is 0 Å². The molecule has 0 spiro atoms. The van der Waals surface area contributed by atoms with E-state index in [4.69, 9.17) is 28.7 Å². The Bertz CT molecular complexity index is 69.1.